The minimum atomic E-state index is -3.62. The number of piperidine rings is 2. The lowest BCUT2D eigenvalue weighted by Gasteiger charge is -2.33. The molecule has 1 amide bonds. The zero-order valence-corrected chi connectivity index (χ0v) is 21.8. The number of anilines is 1. The first-order valence-corrected chi connectivity index (χ1v) is 14.2. The van der Waals surface area contributed by atoms with E-state index in [0.717, 1.165) is 70.5 Å². The molecule has 0 aliphatic carbocycles. The van der Waals surface area contributed by atoms with E-state index in [-0.39, 0.29) is 16.8 Å². The molecule has 2 heterocycles. The second-order valence-electron chi connectivity index (χ2n) is 9.84. The average molecular weight is 499 g/mol. The Morgan fingerprint density at radius 2 is 1.66 bits per heavy atom. The van der Waals surface area contributed by atoms with E-state index in [9.17, 15) is 13.2 Å². The second-order valence-corrected chi connectivity index (χ2v) is 12.0. The number of carbonyl (C=O) groups is 1. The molecule has 0 atom stereocenters. The highest BCUT2D eigenvalue weighted by molar-refractivity contribution is 7.89. The van der Waals surface area contributed by atoms with Crippen LogP contribution >= 0.6 is 0 Å². The van der Waals surface area contributed by atoms with Gasteiger partial charge >= 0.3 is 0 Å². The number of nitrogens with zero attached hydrogens (tertiary/aromatic N) is 3. The van der Waals surface area contributed by atoms with E-state index in [1.165, 1.54) is 30.4 Å². The lowest BCUT2D eigenvalue weighted by atomic mass is 10.0. The summed E-state index contributed by atoms with van der Waals surface area (Å²) in [7, 11) is -0.596. The van der Waals surface area contributed by atoms with Crippen molar-refractivity contribution in [3.05, 3.63) is 59.7 Å². The summed E-state index contributed by atoms with van der Waals surface area (Å²) < 4.78 is 26.7. The first kappa shape index (κ1) is 25.7. The zero-order chi connectivity index (χ0) is 24.8. The Morgan fingerprint density at radius 3 is 2.31 bits per heavy atom. The molecule has 0 radical (unpaired) electrons. The highest BCUT2D eigenvalue weighted by atomic mass is 32.2. The van der Waals surface area contributed by atoms with E-state index in [1.54, 1.807) is 12.1 Å². The molecule has 2 aromatic carbocycles. The molecule has 0 spiro atoms. The first-order chi connectivity index (χ1) is 16.8. The van der Waals surface area contributed by atoms with Crippen LogP contribution < -0.4 is 10.2 Å². The Morgan fingerprint density at radius 1 is 0.971 bits per heavy atom. The van der Waals surface area contributed by atoms with Gasteiger partial charge in [-0.3, -0.25) is 4.79 Å². The van der Waals surface area contributed by atoms with Crippen LogP contribution in [0.5, 0.6) is 0 Å². The maximum absolute atomic E-state index is 13.5. The van der Waals surface area contributed by atoms with Crippen LogP contribution in [0.2, 0.25) is 0 Å². The highest BCUT2D eigenvalue weighted by Crippen LogP contribution is 2.28. The van der Waals surface area contributed by atoms with Crippen LogP contribution in [0, 0.1) is 0 Å². The monoisotopic (exact) mass is 498 g/mol. The Bertz CT molecular complexity index is 1090. The topological polar surface area (TPSA) is 73.0 Å². The summed E-state index contributed by atoms with van der Waals surface area (Å²) in [4.78, 5) is 18.3. The molecule has 1 N–H and O–H groups in total. The summed E-state index contributed by atoms with van der Waals surface area (Å²) >= 11 is 0. The van der Waals surface area contributed by atoms with Crippen molar-refractivity contribution in [2.24, 2.45) is 0 Å². The van der Waals surface area contributed by atoms with Gasteiger partial charge in [0.2, 0.25) is 10.0 Å². The van der Waals surface area contributed by atoms with Crippen molar-refractivity contribution in [1.82, 2.24) is 14.5 Å². The van der Waals surface area contributed by atoms with Crippen molar-refractivity contribution in [2.75, 3.05) is 51.7 Å². The third-order valence-corrected chi connectivity index (χ3v) is 8.98. The summed E-state index contributed by atoms with van der Waals surface area (Å²) in [5.74, 6) is -0.177. The minimum absolute atomic E-state index is 0.0961. The third-order valence-electron chi connectivity index (χ3n) is 7.17. The fourth-order valence-electron chi connectivity index (χ4n) is 4.97. The Hall–Kier alpha value is -2.42. The number of benzene rings is 2. The lowest BCUT2D eigenvalue weighted by Crippen LogP contribution is -2.45. The van der Waals surface area contributed by atoms with Crippen LogP contribution in [0.3, 0.4) is 0 Å². The molecule has 2 aliphatic heterocycles. The number of sulfonamides is 1. The number of carbonyl (C=O) groups excluding carboxylic acids is 1. The molecule has 0 saturated carbocycles. The van der Waals surface area contributed by atoms with Crippen LogP contribution in [0.1, 0.15) is 48.0 Å². The van der Waals surface area contributed by atoms with Gasteiger partial charge in [-0.05, 0) is 62.3 Å². The summed E-state index contributed by atoms with van der Waals surface area (Å²) in [6.45, 7) is 4.70. The summed E-state index contributed by atoms with van der Waals surface area (Å²) in [5.41, 5.74) is 2.64. The molecule has 190 valence electrons. The van der Waals surface area contributed by atoms with Crippen molar-refractivity contribution < 1.29 is 13.2 Å². The van der Waals surface area contributed by atoms with Gasteiger partial charge in [0.25, 0.3) is 5.91 Å². The van der Waals surface area contributed by atoms with Crippen LogP contribution in [0.15, 0.2) is 53.4 Å². The Balaban J connectivity index is 1.43. The van der Waals surface area contributed by atoms with Crippen molar-refractivity contribution in [1.29, 1.82) is 0 Å². The maximum Gasteiger partial charge on any atom is 0.253 e. The normalized spacial score (nSPS) is 18.1. The van der Waals surface area contributed by atoms with E-state index in [0.29, 0.717) is 5.56 Å². The minimum Gasteiger partial charge on any atom is -0.371 e. The first-order valence-electron chi connectivity index (χ1n) is 12.7. The van der Waals surface area contributed by atoms with Crippen LogP contribution in [0.25, 0.3) is 0 Å². The van der Waals surface area contributed by atoms with E-state index in [1.807, 2.05) is 12.1 Å². The second kappa shape index (κ2) is 11.5. The van der Waals surface area contributed by atoms with E-state index in [2.05, 4.69) is 39.4 Å². The van der Waals surface area contributed by atoms with Gasteiger partial charge in [0.15, 0.2) is 0 Å². The number of nitrogens with one attached hydrogen (secondary N) is 1. The van der Waals surface area contributed by atoms with Crippen LogP contribution in [0.4, 0.5) is 5.69 Å². The van der Waals surface area contributed by atoms with Gasteiger partial charge in [0.05, 0.1) is 10.5 Å². The summed E-state index contributed by atoms with van der Waals surface area (Å²) in [6, 6.07) is 15.6. The van der Waals surface area contributed by atoms with Gasteiger partial charge in [-0.1, -0.05) is 30.3 Å². The van der Waals surface area contributed by atoms with Crippen molar-refractivity contribution in [2.45, 2.75) is 49.5 Å². The predicted octanol–water partition coefficient (Wildman–Crippen LogP) is 3.36. The van der Waals surface area contributed by atoms with Gasteiger partial charge < -0.3 is 15.1 Å². The number of rotatable bonds is 8. The van der Waals surface area contributed by atoms with Crippen molar-refractivity contribution in [3.63, 3.8) is 0 Å². The molecule has 0 bridgehead atoms. The molecular weight excluding hydrogens is 460 g/mol. The third kappa shape index (κ3) is 6.42. The van der Waals surface area contributed by atoms with E-state index < -0.39 is 10.0 Å². The molecule has 4 rings (SSSR count). The molecule has 2 aliphatic rings. The molecule has 2 saturated heterocycles. The van der Waals surface area contributed by atoms with E-state index in [4.69, 9.17) is 0 Å². The average Bonchev–Trinajstić information content (AvgIpc) is 2.89. The van der Waals surface area contributed by atoms with Gasteiger partial charge in [-0.2, -0.15) is 0 Å². The van der Waals surface area contributed by atoms with Crippen LogP contribution in [-0.2, 0) is 16.4 Å². The fraction of sp³-hybridized carbons (Fsp3) is 0.519. The summed E-state index contributed by atoms with van der Waals surface area (Å²) in [6.07, 6.45) is 6.18. The molecule has 8 heteroatoms. The van der Waals surface area contributed by atoms with Gasteiger partial charge in [0, 0.05) is 58.5 Å². The zero-order valence-electron chi connectivity index (χ0n) is 20.9. The highest BCUT2D eigenvalue weighted by Gasteiger charge is 2.26. The number of hydrogen-bond acceptors (Lipinski definition) is 5. The van der Waals surface area contributed by atoms with Crippen molar-refractivity contribution in [3.8, 4) is 0 Å². The number of hydrogen-bond donors (Lipinski definition) is 1. The molecule has 35 heavy (non-hydrogen) atoms. The standard InChI is InChI=1S/C27H38N4O3S/c1-29(2)35(33,34)24-11-12-26(31-16-7-4-8-17-31)25(21-24)27(32)28-23-14-19-30(20-15-23)18-13-22-9-5-3-6-10-22/h3,5-6,9-12,21,23H,4,7-8,13-20H2,1-2H3,(H,28,32). The SMILES string of the molecule is CN(C)S(=O)(=O)c1ccc(N2CCCCC2)c(C(=O)NC2CCN(CCc3ccccc3)CC2)c1. The maximum atomic E-state index is 13.5. The smallest absolute Gasteiger partial charge is 0.253 e. The van der Waals surface area contributed by atoms with Crippen molar-refractivity contribution >= 4 is 21.6 Å². The Kier molecular flexibility index (Phi) is 8.46. The molecular formula is C27H38N4O3S. The quantitative estimate of drug-likeness (QED) is 0.604. The molecule has 0 unspecified atom stereocenters. The van der Waals surface area contributed by atoms with E-state index >= 15 is 0 Å². The van der Waals surface area contributed by atoms with Gasteiger partial charge in [-0.15, -0.1) is 0 Å². The fourth-order valence-corrected chi connectivity index (χ4v) is 5.90. The van der Waals surface area contributed by atoms with Gasteiger partial charge in [0.1, 0.15) is 0 Å². The molecule has 0 aromatic heterocycles. The largest absolute Gasteiger partial charge is 0.371 e. The summed E-state index contributed by atoms with van der Waals surface area (Å²) in [5, 5.41) is 3.22. The lowest BCUT2D eigenvalue weighted by molar-refractivity contribution is 0.0911. The molecule has 2 aromatic rings. The van der Waals surface area contributed by atoms with Crippen LogP contribution in [-0.4, -0.2) is 76.4 Å². The molecule has 2 fully saturated rings. The van der Waals surface area contributed by atoms with Gasteiger partial charge in [-0.25, -0.2) is 12.7 Å². The number of amides is 1. The number of likely N-dealkylation sites (tertiary alicyclic amines) is 1. The molecule has 7 nitrogen and oxygen atoms in total. The predicted molar refractivity (Wildman–Crippen MR) is 140 cm³/mol. The Labute approximate surface area is 210 Å².